The molecule has 0 radical (unpaired) electrons. The second kappa shape index (κ2) is 11.5. The molecule has 6 rings (SSSR count). The van der Waals surface area contributed by atoms with Crippen molar-refractivity contribution in [2.24, 2.45) is 0 Å². The van der Waals surface area contributed by atoms with E-state index in [0.717, 1.165) is 11.0 Å². The maximum absolute atomic E-state index is 9.64. The lowest BCUT2D eigenvalue weighted by Crippen LogP contribution is -2.00. The summed E-state index contributed by atoms with van der Waals surface area (Å²) in [6.07, 6.45) is 3.26. The summed E-state index contributed by atoms with van der Waals surface area (Å²) < 4.78 is 0. The van der Waals surface area contributed by atoms with E-state index in [2.05, 4.69) is 70.6 Å². The number of pyridine rings is 2. The average Bonchev–Trinajstić information content (AvgIpc) is 2.92. The average molecular weight is 477 g/mol. The van der Waals surface area contributed by atoms with Crippen molar-refractivity contribution in [3.63, 3.8) is 0 Å². The Morgan fingerprint density at radius 2 is 0.833 bits per heavy atom. The Balaban J connectivity index is 0.000000133. The number of aliphatic carboxylic acids is 2. The molecule has 0 amide bonds. The van der Waals surface area contributed by atoms with Crippen LogP contribution in [0.3, 0.4) is 0 Å². The smallest absolute Gasteiger partial charge is 0.303 e. The highest BCUT2D eigenvalue weighted by atomic mass is 16.4. The third-order valence-corrected chi connectivity index (χ3v) is 5.55. The zero-order chi connectivity index (χ0) is 25.3. The number of aromatic nitrogens is 2. The maximum Gasteiger partial charge on any atom is 0.303 e. The number of carboxylic acids is 2. The molecule has 0 bridgehead atoms. The Morgan fingerprint density at radius 1 is 0.500 bits per heavy atom. The van der Waals surface area contributed by atoms with E-state index in [0.29, 0.717) is 0 Å². The zero-order valence-corrected chi connectivity index (χ0v) is 19.4. The van der Waals surface area contributed by atoms with Gasteiger partial charge in [-0.2, -0.15) is 0 Å². The Hall–Kier alpha value is -4.84. The first-order valence-electron chi connectivity index (χ1n) is 11.4. The van der Waals surface area contributed by atoms with E-state index < -0.39 is 11.9 Å². The molecular formula is C30H24N2O4. The Labute approximate surface area is 207 Å². The van der Waals surface area contributed by atoms with Crippen LogP contribution in [0.4, 0.5) is 0 Å². The number of carboxylic acid groups (broad SMARTS) is 2. The minimum absolute atomic E-state index is 0.296. The van der Waals surface area contributed by atoms with Gasteiger partial charge in [-0.3, -0.25) is 19.6 Å². The Bertz CT molecular complexity index is 1430. The van der Waals surface area contributed by atoms with Crippen LogP contribution in [0, 0.1) is 0 Å². The standard InChI is InChI=1S/2C13H9N.C4H6O4/c2*1-2-6-11-10(5-1)9-14-13-8-4-3-7-12(11)13;5-3(6)1-2-4(7)8/h2*1-9H;1-2H2,(H,5,6)(H,7,8). The number of benzene rings is 4. The van der Waals surface area contributed by atoms with Gasteiger partial charge >= 0.3 is 11.9 Å². The van der Waals surface area contributed by atoms with Crippen LogP contribution in [-0.2, 0) is 9.59 Å². The van der Waals surface area contributed by atoms with Gasteiger partial charge in [-0.05, 0) is 22.9 Å². The fourth-order valence-electron chi connectivity index (χ4n) is 3.83. The third-order valence-electron chi connectivity index (χ3n) is 5.55. The normalized spacial score (nSPS) is 10.3. The summed E-state index contributed by atoms with van der Waals surface area (Å²) >= 11 is 0. The highest BCUT2D eigenvalue weighted by Crippen LogP contribution is 2.23. The van der Waals surface area contributed by atoms with Crippen LogP contribution in [0.1, 0.15) is 12.8 Å². The summed E-state index contributed by atoms with van der Waals surface area (Å²) in [5.74, 6) is -2.15. The number of rotatable bonds is 3. The van der Waals surface area contributed by atoms with Gasteiger partial charge in [0.05, 0.1) is 23.9 Å². The van der Waals surface area contributed by atoms with Gasteiger partial charge in [0.15, 0.2) is 0 Å². The number of hydrogen-bond donors (Lipinski definition) is 2. The first-order chi connectivity index (χ1) is 17.5. The van der Waals surface area contributed by atoms with Crippen molar-refractivity contribution in [3.05, 3.63) is 109 Å². The molecule has 0 spiro atoms. The molecular weight excluding hydrogens is 452 g/mol. The molecule has 178 valence electrons. The second-order valence-electron chi connectivity index (χ2n) is 8.01. The van der Waals surface area contributed by atoms with E-state index >= 15 is 0 Å². The molecule has 0 atom stereocenters. The van der Waals surface area contributed by atoms with Gasteiger partial charge in [0.2, 0.25) is 0 Å². The molecule has 6 nitrogen and oxygen atoms in total. The maximum atomic E-state index is 9.64. The predicted molar refractivity (Wildman–Crippen MR) is 143 cm³/mol. The lowest BCUT2D eigenvalue weighted by molar-refractivity contribution is -0.143. The molecule has 0 saturated carbocycles. The van der Waals surface area contributed by atoms with Crippen LogP contribution in [-0.4, -0.2) is 32.1 Å². The van der Waals surface area contributed by atoms with Crippen LogP contribution in [0.5, 0.6) is 0 Å². The molecule has 36 heavy (non-hydrogen) atoms. The third kappa shape index (κ3) is 5.98. The number of para-hydroxylation sites is 2. The Morgan fingerprint density at radius 3 is 1.22 bits per heavy atom. The quantitative estimate of drug-likeness (QED) is 0.275. The van der Waals surface area contributed by atoms with Gasteiger partial charge in [0.1, 0.15) is 0 Å². The van der Waals surface area contributed by atoms with Gasteiger partial charge in [0, 0.05) is 33.9 Å². The van der Waals surface area contributed by atoms with Crippen molar-refractivity contribution >= 4 is 55.3 Å². The molecule has 0 aliphatic rings. The molecule has 6 aromatic rings. The molecule has 2 aromatic heterocycles. The number of fused-ring (bicyclic) bond motifs is 6. The van der Waals surface area contributed by atoms with E-state index in [1.807, 2.05) is 48.8 Å². The van der Waals surface area contributed by atoms with Crippen molar-refractivity contribution in [3.8, 4) is 0 Å². The minimum Gasteiger partial charge on any atom is -0.481 e. The van der Waals surface area contributed by atoms with E-state index in [-0.39, 0.29) is 12.8 Å². The molecule has 0 aliphatic carbocycles. The second-order valence-corrected chi connectivity index (χ2v) is 8.01. The molecule has 2 N–H and O–H groups in total. The molecule has 0 aliphatic heterocycles. The summed E-state index contributed by atoms with van der Waals surface area (Å²) in [6.45, 7) is 0. The van der Waals surface area contributed by atoms with Crippen molar-refractivity contribution in [1.82, 2.24) is 9.97 Å². The van der Waals surface area contributed by atoms with E-state index in [1.54, 1.807) is 0 Å². The van der Waals surface area contributed by atoms with Crippen molar-refractivity contribution in [2.45, 2.75) is 12.8 Å². The largest absolute Gasteiger partial charge is 0.481 e. The zero-order valence-electron chi connectivity index (χ0n) is 19.4. The van der Waals surface area contributed by atoms with E-state index in [1.165, 1.54) is 32.3 Å². The van der Waals surface area contributed by atoms with Gasteiger partial charge in [-0.1, -0.05) is 84.9 Å². The van der Waals surface area contributed by atoms with Crippen LogP contribution in [0.15, 0.2) is 109 Å². The molecule has 4 aromatic carbocycles. The molecule has 6 heteroatoms. The van der Waals surface area contributed by atoms with Crippen LogP contribution in [0.2, 0.25) is 0 Å². The lowest BCUT2D eigenvalue weighted by atomic mass is 10.1. The first-order valence-corrected chi connectivity index (χ1v) is 11.4. The van der Waals surface area contributed by atoms with Crippen LogP contribution >= 0.6 is 0 Å². The van der Waals surface area contributed by atoms with Crippen LogP contribution in [0.25, 0.3) is 43.4 Å². The number of carbonyl (C=O) groups is 2. The summed E-state index contributed by atoms with van der Waals surface area (Å²) in [5, 5.41) is 23.2. The highest BCUT2D eigenvalue weighted by molar-refractivity contribution is 6.05. The van der Waals surface area contributed by atoms with E-state index in [4.69, 9.17) is 10.2 Å². The monoisotopic (exact) mass is 476 g/mol. The lowest BCUT2D eigenvalue weighted by Gasteiger charge is -2.01. The fourth-order valence-corrected chi connectivity index (χ4v) is 3.83. The van der Waals surface area contributed by atoms with Gasteiger partial charge in [0.25, 0.3) is 0 Å². The first kappa shape index (κ1) is 24.3. The summed E-state index contributed by atoms with van der Waals surface area (Å²) in [7, 11) is 0. The molecule has 0 saturated heterocycles. The van der Waals surface area contributed by atoms with Crippen molar-refractivity contribution in [1.29, 1.82) is 0 Å². The fraction of sp³-hybridized carbons (Fsp3) is 0.0667. The predicted octanol–water partition coefficient (Wildman–Crippen LogP) is 6.71. The Kier molecular flexibility index (Phi) is 7.78. The summed E-state index contributed by atoms with van der Waals surface area (Å²) in [6, 6.07) is 33.1. The highest BCUT2D eigenvalue weighted by Gasteiger charge is 2.01. The summed E-state index contributed by atoms with van der Waals surface area (Å²) in [4.78, 5) is 28.1. The van der Waals surface area contributed by atoms with Gasteiger partial charge in [-0.15, -0.1) is 0 Å². The van der Waals surface area contributed by atoms with Gasteiger partial charge < -0.3 is 10.2 Å². The minimum atomic E-state index is -1.08. The molecule has 0 fully saturated rings. The topological polar surface area (TPSA) is 100 Å². The molecule has 0 unspecified atom stereocenters. The number of hydrogen-bond acceptors (Lipinski definition) is 4. The van der Waals surface area contributed by atoms with Crippen molar-refractivity contribution in [2.75, 3.05) is 0 Å². The van der Waals surface area contributed by atoms with Crippen molar-refractivity contribution < 1.29 is 19.8 Å². The van der Waals surface area contributed by atoms with E-state index in [9.17, 15) is 9.59 Å². The SMILES string of the molecule is O=C(O)CCC(=O)O.c1ccc2c(c1)cnc1ccccc12.c1ccc2c(c1)cnc1ccccc12. The van der Waals surface area contributed by atoms with Crippen LogP contribution < -0.4 is 0 Å². The molecule has 2 heterocycles. The number of nitrogens with zero attached hydrogens (tertiary/aromatic N) is 2. The summed E-state index contributed by atoms with van der Waals surface area (Å²) in [5.41, 5.74) is 2.12. The van der Waals surface area contributed by atoms with Gasteiger partial charge in [-0.25, -0.2) is 0 Å².